The number of rotatable bonds is 4. The lowest BCUT2D eigenvalue weighted by Gasteiger charge is -2.20. The molecule has 0 saturated carbocycles. The summed E-state index contributed by atoms with van der Waals surface area (Å²) in [5, 5.41) is 12.3. The number of carbonyl (C=O) groups excluding carboxylic acids is 3. The molecule has 2 heterocycles. The molecule has 3 amide bonds. The summed E-state index contributed by atoms with van der Waals surface area (Å²) in [5.74, 6) is -1.26. The summed E-state index contributed by atoms with van der Waals surface area (Å²) in [4.78, 5) is 38.9. The summed E-state index contributed by atoms with van der Waals surface area (Å²) < 4.78 is 0. The minimum Gasteiger partial charge on any atom is -0.324 e. The molecular weight excluding hydrogens is 382 g/mol. The number of aryl methyl sites for hydroxylation is 1. The van der Waals surface area contributed by atoms with Gasteiger partial charge in [0.1, 0.15) is 6.54 Å². The van der Waals surface area contributed by atoms with Crippen molar-refractivity contribution in [2.75, 3.05) is 16.8 Å². The topological polar surface area (TPSA) is 94.4 Å². The first kappa shape index (κ1) is 18.1. The molecular formula is C19H16ClN5O3. The van der Waals surface area contributed by atoms with Gasteiger partial charge in [0.25, 0.3) is 11.8 Å². The predicted molar refractivity (Wildman–Crippen MR) is 103 cm³/mol. The number of nitrogens with one attached hydrogen (secondary N) is 1. The first-order chi connectivity index (χ1) is 13.4. The fraction of sp³-hybridized carbons (Fsp3) is 0.211. The maximum atomic E-state index is 12.9. The third-order valence-corrected chi connectivity index (χ3v) is 4.84. The Morgan fingerprint density at radius 1 is 1.07 bits per heavy atom. The number of amides is 3. The average Bonchev–Trinajstić information content (AvgIpc) is 3.18. The Hall–Kier alpha value is -3.26. The van der Waals surface area contributed by atoms with Gasteiger partial charge in [0.15, 0.2) is 12.1 Å². The van der Waals surface area contributed by atoms with E-state index in [-0.39, 0.29) is 12.5 Å². The summed E-state index contributed by atoms with van der Waals surface area (Å²) in [5.41, 5.74) is 2.07. The number of benzene rings is 2. The Bertz CT molecular complexity index is 974. The molecule has 0 spiro atoms. The first-order valence-corrected chi connectivity index (χ1v) is 8.99. The molecule has 2 atom stereocenters. The highest BCUT2D eigenvalue weighted by Crippen LogP contribution is 2.31. The Labute approximate surface area is 165 Å². The van der Waals surface area contributed by atoms with E-state index in [1.807, 2.05) is 19.1 Å². The van der Waals surface area contributed by atoms with Gasteiger partial charge in [0.05, 0.1) is 5.69 Å². The monoisotopic (exact) mass is 397 g/mol. The van der Waals surface area contributed by atoms with Crippen LogP contribution in [0.4, 0.5) is 11.4 Å². The molecule has 2 aromatic carbocycles. The van der Waals surface area contributed by atoms with Crippen LogP contribution in [0.5, 0.6) is 0 Å². The molecule has 142 valence electrons. The van der Waals surface area contributed by atoms with Gasteiger partial charge in [-0.05, 0) is 43.3 Å². The molecule has 1 fully saturated rings. The Morgan fingerprint density at radius 3 is 2.43 bits per heavy atom. The van der Waals surface area contributed by atoms with Gasteiger partial charge in [-0.15, -0.1) is 0 Å². The third-order valence-electron chi connectivity index (χ3n) is 4.58. The zero-order chi connectivity index (χ0) is 19.8. The van der Waals surface area contributed by atoms with Crippen LogP contribution in [0.15, 0.2) is 58.9 Å². The van der Waals surface area contributed by atoms with E-state index >= 15 is 0 Å². The average molecular weight is 398 g/mol. The fourth-order valence-corrected chi connectivity index (χ4v) is 3.31. The highest BCUT2D eigenvalue weighted by atomic mass is 35.5. The number of hydrogen-bond donors (Lipinski definition) is 1. The highest BCUT2D eigenvalue weighted by Gasteiger charge is 2.55. The molecule has 4 rings (SSSR count). The third kappa shape index (κ3) is 3.22. The van der Waals surface area contributed by atoms with Crippen LogP contribution in [0.25, 0.3) is 0 Å². The maximum absolute atomic E-state index is 12.9. The zero-order valence-electron chi connectivity index (χ0n) is 14.9. The maximum Gasteiger partial charge on any atom is 0.263 e. The second-order valence-electron chi connectivity index (χ2n) is 6.59. The van der Waals surface area contributed by atoms with E-state index in [0.717, 1.165) is 10.5 Å². The highest BCUT2D eigenvalue weighted by molar-refractivity contribution is 6.30. The van der Waals surface area contributed by atoms with Crippen molar-refractivity contribution in [1.82, 2.24) is 5.01 Å². The molecule has 0 aliphatic carbocycles. The Kier molecular flexibility index (Phi) is 4.56. The molecule has 28 heavy (non-hydrogen) atoms. The fourth-order valence-electron chi connectivity index (χ4n) is 3.18. The molecule has 9 heteroatoms. The lowest BCUT2D eigenvalue weighted by molar-refractivity contribution is -0.123. The van der Waals surface area contributed by atoms with Gasteiger partial charge in [0, 0.05) is 10.7 Å². The van der Waals surface area contributed by atoms with E-state index < -0.39 is 23.9 Å². The predicted octanol–water partition coefficient (Wildman–Crippen LogP) is 2.58. The number of imide groups is 1. The van der Waals surface area contributed by atoms with Gasteiger partial charge in [-0.25, -0.2) is 4.90 Å². The van der Waals surface area contributed by atoms with Crippen molar-refractivity contribution in [3.8, 4) is 0 Å². The van der Waals surface area contributed by atoms with Crippen molar-refractivity contribution in [2.45, 2.75) is 19.0 Å². The molecule has 2 aliphatic heterocycles. The first-order valence-electron chi connectivity index (χ1n) is 8.61. The van der Waals surface area contributed by atoms with Crippen molar-refractivity contribution in [1.29, 1.82) is 0 Å². The summed E-state index contributed by atoms with van der Waals surface area (Å²) >= 11 is 5.83. The molecule has 2 aromatic rings. The molecule has 1 N–H and O–H groups in total. The molecule has 1 saturated heterocycles. The van der Waals surface area contributed by atoms with Crippen molar-refractivity contribution in [3.63, 3.8) is 0 Å². The van der Waals surface area contributed by atoms with Crippen molar-refractivity contribution < 1.29 is 14.4 Å². The molecule has 0 aromatic heterocycles. The largest absolute Gasteiger partial charge is 0.324 e. The second-order valence-corrected chi connectivity index (χ2v) is 7.03. The van der Waals surface area contributed by atoms with Crippen LogP contribution in [-0.4, -0.2) is 41.4 Å². The molecule has 0 radical (unpaired) electrons. The van der Waals surface area contributed by atoms with Crippen LogP contribution in [0.2, 0.25) is 5.02 Å². The second kappa shape index (κ2) is 7.05. The minimum absolute atomic E-state index is 0.200. The van der Waals surface area contributed by atoms with Gasteiger partial charge in [-0.1, -0.05) is 34.5 Å². The van der Waals surface area contributed by atoms with Crippen LogP contribution in [-0.2, 0) is 14.4 Å². The van der Waals surface area contributed by atoms with E-state index in [1.165, 1.54) is 5.01 Å². The SMILES string of the molecule is Cc1ccc(N2C(=O)[C@@H]3[C@@H](N=NN3CC(=O)Nc3ccc(Cl)cc3)C2=O)cc1. The summed E-state index contributed by atoms with van der Waals surface area (Å²) in [7, 11) is 0. The number of halogens is 1. The lowest BCUT2D eigenvalue weighted by atomic mass is 10.1. The zero-order valence-corrected chi connectivity index (χ0v) is 15.6. The van der Waals surface area contributed by atoms with Crippen LogP contribution in [0.1, 0.15) is 5.56 Å². The van der Waals surface area contributed by atoms with E-state index in [2.05, 4.69) is 15.7 Å². The van der Waals surface area contributed by atoms with Gasteiger partial charge >= 0.3 is 0 Å². The van der Waals surface area contributed by atoms with Crippen LogP contribution in [0.3, 0.4) is 0 Å². The minimum atomic E-state index is -0.933. The number of fused-ring (bicyclic) bond motifs is 1. The number of carbonyl (C=O) groups is 3. The molecule has 0 unspecified atom stereocenters. The summed E-state index contributed by atoms with van der Waals surface area (Å²) in [6.45, 7) is 1.72. The van der Waals surface area contributed by atoms with Gasteiger partial charge in [0.2, 0.25) is 5.91 Å². The normalized spacial score (nSPS) is 20.6. The smallest absolute Gasteiger partial charge is 0.263 e. The summed E-state index contributed by atoms with van der Waals surface area (Å²) in [6.07, 6.45) is 0. The quantitative estimate of drug-likeness (QED) is 0.802. The number of hydrogen-bond acceptors (Lipinski definition) is 6. The van der Waals surface area contributed by atoms with Crippen LogP contribution < -0.4 is 10.2 Å². The van der Waals surface area contributed by atoms with E-state index in [1.54, 1.807) is 36.4 Å². The molecule has 8 nitrogen and oxygen atoms in total. The van der Waals surface area contributed by atoms with Crippen LogP contribution >= 0.6 is 11.6 Å². The van der Waals surface area contributed by atoms with Gasteiger partial charge < -0.3 is 5.32 Å². The van der Waals surface area contributed by atoms with E-state index in [4.69, 9.17) is 11.6 Å². The van der Waals surface area contributed by atoms with Crippen molar-refractivity contribution in [2.24, 2.45) is 10.3 Å². The molecule has 0 bridgehead atoms. The van der Waals surface area contributed by atoms with Crippen LogP contribution in [0, 0.1) is 6.92 Å². The van der Waals surface area contributed by atoms with Gasteiger partial charge in [-0.2, -0.15) is 5.11 Å². The Balaban J connectivity index is 1.48. The lowest BCUT2D eigenvalue weighted by Crippen LogP contribution is -2.43. The number of nitrogens with zero attached hydrogens (tertiary/aromatic N) is 4. The van der Waals surface area contributed by atoms with E-state index in [9.17, 15) is 14.4 Å². The Morgan fingerprint density at radius 2 is 1.75 bits per heavy atom. The van der Waals surface area contributed by atoms with Crippen molar-refractivity contribution in [3.05, 3.63) is 59.1 Å². The summed E-state index contributed by atoms with van der Waals surface area (Å²) in [6, 6.07) is 11.9. The van der Waals surface area contributed by atoms with Gasteiger partial charge in [-0.3, -0.25) is 19.4 Å². The van der Waals surface area contributed by atoms with Crippen molar-refractivity contribution >= 4 is 40.7 Å². The standard InChI is InChI=1S/C19H16ClN5O3/c1-11-2-8-14(9-3-11)25-18(27)16-17(19(25)28)24(23-22-16)10-15(26)21-13-6-4-12(20)5-7-13/h2-9,16-17H,10H2,1H3,(H,21,26)/t16-,17+/m1/s1. The molecule has 2 aliphatic rings. The number of anilines is 2. The van der Waals surface area contributed by atoms with E-state index in [0.29, 0.717) is 16.4 Å².